The summed E-state index contributed by atoms with van der Waals surface area (Å²) in [7, 11) is 1.38. The zero-order valence-electron chi connectivity index (χ0n) is 9.72. The maximum atomic E-state index is 10.9. The number of ether oxygens (including phenoxy) is 1. The Morgan fingerprint density at radius 1 is 1.41 bits per heavy atom. The van der Waals surface area contributed by atoms with Crippen molar-refractivity contribution in [2.75, 3.05) is 7.11 Å². The molecule has 0 bridgehead atoms. The quantitative estimate of drug-likeness (QED) is 0.265. The van der Waals surface area contributed by atoms with Crippen LogP contribution in [0.25, 0.3) is 0 Å². The molecule has 0 saturated heterocycles. The van der Waals surface area contributed by atoms with Crippen LogP contribution in [0, 0.1) is 0 Å². The van der Waals surface area contributed by atoms with Gasteiger partial charge in [-0.25, -0.2) is 0 Å². The van der Waals surface area contributed by atoms with Gasteiger partial charge in [-0.15, -0.1) is 0 Å². The number of aryl methyl sites for hydroxylation is 1. The fraction of sp³-hybridized carbons (Fsp3) is 0.333. The van der Waals surface area contributed by atoms with Crippen molar-refractivity contribution >= 4 is 11.8 Å². The highest BCUT2D eigenvalue weighted by molar-refractivity contribution is 5.96. The zero-order valence-corrected chi connectivity index (χ0v) is 9.72. The van der Waals surface area contributed by atoms with Crippen molar-refractivity contribution in [1.29, 1.82) is 0 Å². The van der Waals surface area contributed by atoms with Crippen LogP contribution in [0.2, 0.25) is 0 Å². The monoisotopic (exact) mass is 236 g/mol. The Morgan fingerprint density at radius 2 is 2.06 bits per heavy atom. The molecule has 1 aromatic carbocycles. The molecule has 0 fully saturated rings. The molecular formula is C12H16N2O3. The summed E-state index contributed by atoms with van der Waals surface area (Å²) in [4.78, 5) is 10.9. The second kappa shape index (κ2) is 6.52. The van der Waals surface area contributed by atoms with Gasteiger partial charge in [0, 0.05) is 12.0 Å². The van der Waals surface area contributed by atoms with Crippen molar-refractivity contribution in [3.05, 3.63) is 35.4 Å². The number of methoxy groups -OCH3 is 1. The average Bonchev–Trinajstić information content (AvgIpc) is 2.38. The molecule has 0 spiro atoms. The first-order chi connectivity index (χ1) is 8.17. The van der Waals surface area contributed by atoms with Crippen molar-refractivity contribution in [2.24, 2.45) is 10.9 Å². The molecule has 5 nitrogen and oxygen atoms in total. The van der Waals surface area contributed by atoms with Crippen LogP contribution in [0.3, 0.4) is 0 Å². The Labute approximate surface area is 99.9 Å². The first-order valence-electron chi connectivity index (χ1n) is 5.31. The van der Waals surface area contributed by atoms with Gasteiger partial charge in [-0.2, -0.15) is 0 Å². The molecule has 17 heavy (non-hydrogen) atoms. The highest BCUT2D eigenvalue weighted by Crippen LogP contribution is 2.08. The number of nitrogens with two attached hydrogens (primary N) is 1. The smallest absolute Gasteiger partial charge is 0.305 e. The second-order valence-corrected chi connectivity index (χ2v) is 3.61. The number of carbonyl (C=O) groups excluding carboxylic acids is 1. The van der Waals surface area contributed by atoms with E-state index in [9.17, 15) is 4.79 Å². The lowest BCUT2D eigenvalue weighted by molar-refractivity contribution is -0.140. The lowest BCUT2D eigenvalue weighted by Crippen LogP contribution is -2.12. The molecule has 5 heteroatoms. The van der Waals surface area contributed by atoms with E-state index in [1.807, 2.05) is 12.1 Å². The van der Waals surface area contributed by atoms with Crippen LogP contribution in [0.4, 0.5) is 0 Å². The minimum absolute atomic E-state index is 0.0890. The van der Waals surface area contributed by atoms with Gasteiger partial charge in [0.1, 0.15) is 0 Å². The molecule has 1 rings (SSSR count). The molecule has 0 heterocycles. The highest BCUT2D eigenvalue weighted by Gasteiger charge is 2.02. The molecule has 0 saturated carbocycles. The van der Waals surface area contributed by atoms with E-state index in [0.717, 1.165) is 18.4 Å². The Kier molecular flexibility index (Phi) is 5.00. The number of nitrogens with zero attached hydrogens (tertiary/aromatic N) is 1. The number of benzene rings is 1. The topological polar surface area (TPSA) is 84.9 Å². The van der Waals surface area contributed by atoms with E-state index in [0.29, 0.717) is 12.0 Å². The van der Waals surface area contributed by atoms with Crippen LogP contribution in [-0.2, 0) is 16.0 Å². The molecule has 0 unspecified atom stereocenters. The van der Waals surface area contributed by atoms with Crippen molar-refractivity contribution in [3.8, 4) is 0 Å². The second-order valence-electron chi connectivity index (χ2n) is 3.61. The number of rotatable bonds is 5. The van der Waals surface area contributed by atoms with Gasteiger partial charge < -0.3 is 15.7 Å². The number of carbonyl (C=O) groups is 1. The van der Waals surface area contributed by atoms with Gasteiger partial charge in [-0.1, -0.05) is 29.4 Å². The molecule has 0 aliphatic carbocycles. The van der Waals surface area contributed by atoms with Crippen LogP contribution >= 0.6 is 0 Å². The zero-order chi connectivity index (χ0) is 12.7. The van der Waals surface area contributed by atoms with Crippen LogP contribution in [0.5, 0.6) is 0 Å². The van der Waals surface area contributed by atoms with Gasteiger partial charge in [0.2, 0.25) is 0 Å². The molecule has 0 aliphatic rings. The van der Waals surface area contributed by atoms with E-state index in [2.05, 4.69) is 9.89 Å². The Balaban J connectivity index is 2.49. The van der Waals surface area contributed by atoms with Crippen molar-refractivity contribution in [3.63, 3.8) is 0 Å². The third-order valence-electron chi connectivity index (χ3n) is 2.43. The van der Waals surface area contributed by atoms with Gasteiger partial charge in [-0.3, -0.25) is 4.79 Å². The molecule has 1 aromatic rings. The summed E-state index contributed by atoms with van der Waals surface area (Å²) in [6.45, 7) is 0. The highest BCUT2D eigenvalue weighted by atomic mass is 16.5. The van der Waals surface area contributed by atoms with E-state index in [1.165, 1.54) is 7.11 Å². The Morgan fingerprint density at radius 3 is 2.59 bits per heavy atom. The van der Waals surface area contributed by atoms with Gasteiger partial charge >= 0.3 is 5.97 Å². The van der Waals surface area contributed by atoms with Crippen LogP contribution < -0.4 is 5.73 Å². The van der Waals surface area contributed by atoms with Crippen molar-refractivity contribution in [1.82, 2.24) is 0 Å². The minimum atomic E-state index is -0.196. The number of hydrogen-bond acceptors (Lipinski definition) is 4. The molecule has 0 radical (unpaired) electrons. The third kappa shape index (κ3) is 4.14. The normalized spacial score (nSPS) is 11.2. The first kappa shape index (κ1) is 13.0. The molecule has 92 valence electrons. The Hall–Kier alpha value is -2.04. The van der Waals surface area contributed by atoms with Crippen molar-refractivity contribution < 1.29 is 14.7 Å². The molecule has 0 aromatic heterocycles. The molecular weight excluding hydrogens is 220 g/mol. The van der Waals surface area contributed by atoms with E-state index >= 15 is 0 Å². The van der Waals surface area contributed by atoms with Crippen LogP contribution in [-0.4, -0.2) is 24.1 Å². The lowest BCUT2D eigenvalue weighted by Gasteiger charge is -2.03. The van der Waals surface area contributed by atoms with E-state index in [-0.39, 0.29) is 11.8 Å². The summed E-state index contributed by atoms with van der Waals surface area (Å²) in [6, 6.07) is 7.35. The summed E-state index contributed by atoms with van der Waals surface area (Å²) in [6.07, 6.45) is 1.96. The summed E-state index contributed by atoms with van der Waals surface area (Å²) < 4.78 is 4.55. The predicted molar refractivity (Wildman–Crippen MR) is 63.9 cm³/mol. The van der Waals surface area contributed by atoms with Gasteiger partial charge in [0.15, 0.2) is 5.84 Å². The number of esters is 1. The number of hydrogen-bond donors (Lipinski definition) is 2. The molecule has 0 atom stereocenters. The SMILES string of the molecule is COC(=O)CCCc1ccc(/C(N)=N/O)cc1. The lowest BCUT2D eigenvalue weighted by atomic mass is 10.1. The molecule has 0 aliphatic heterocycles. The van der Waals surface area contributed by atoms with Crippen molar-refractivity contribution in [2.45, 2.75) is 19.3 Å². The van der Waals surface area contributed by atoms with Gasteiger partial charge in [0.25, 0.3) is 0 Å². The number of amidine groups is 1. The van der Waals surface area contributed by atoms with E-state index in [1.54, 1.807) is 12.1 Å². The van der Waals surface area contributed by atoms with Gasteiger partial charge in [0.05, 0.1) is 7.11 Å². The minimum Gasteiger partial charge on any atom is -0.469 e. The van der Waals surface area contributed by atoms with Gasteiger partial charge in [-0.05, 0) is 18.4 Å². The summed E-state index contributed by atoms with van der Waals surface area (Å²) in [5, 5.41) is 11.4. The fourth-order valence-corrected chi connectivity index (χ4v) is 1.44. The fourth-order valence-electron chi connectivity index (χ4n) is 1.44. The number of oxime groups is 1. The predicted octanol–water partition coefficient (Wildman–Crippen LogP) is 1.28. The maximum Gasteiger partial charge on any atom is 0.305 e. The average molecular weight is 236 g/mol. The first-order valence-corrected chi connectivity index (χ1v) is 5.31. The largest absolute Gasteiger partial charge is 0.469 e. The summed E-state index contributed by atoms with van der Waals surface area (Å²) >= 11 is 0. The van der Waals surface area contributed by atoms with E-state index in [4.69, 9.17) is 10.9 Å². The van der Waals surface area contributed by atoms with E-state index < -0.39 is 0 Å². The molecule has 3 N–H and O–H groups in total. The van der Waals surface area contributed by atoms with Crippen LogP contribution in [0.15, 0.2) is 29.4 Å². The van der Waals surface area contributed by atoms with Crippen LogP contribution in [0.1, 0.15) is 24.0 Å². The summed E-state index contributed by atoms with van der Waals surface area (Å²) in [5.74, 6) is -0.107. The summed E-state index contributed by atoms with van der Waals surface area (Å²) in [5.41, 5.74) is 7.21. The third-order valence-corrected chi connectivity index (χ3v) is 2.43. The molecule has 0 amide bonds. The standard InChI is InChI=1S/C12H16N2O3/c1-17-11(15)4-2-3-9-5-7-10(8-6-9)12(13)14-16/h5-8,16H,2-4H2,1H3,(H2,13,14). The maximum absolute atomic E-state index is 10.9. The Bertz CT molecular complexity index is 399.